The number of hydrogen-bond acceptors (Lipinski definition) is 19. The van der Waals surface area contributed by atoms with Gasteiger partial charge in [0.15, 0.2) is 12.2 Å². The van der Waals surface area contributed by atoms with Gasteiger partial charge < -0.3 is 48.3 Å². The van der Waals surface area contributed by atoms with Crippen molar-refractivity contribution in [1.29, 1.82) is 0 Å². The third-order valence-corrected chi connectivity index (χ3v) is 16.6. The van der Waals surface area contributed by atoms with Crippen molar-refractivity contribution in [3.63, 3.8) is 0 Å². The zero-order valence-electron chi connectivity index (χ0n) is 63.3. The van der Waals surface area contributed by atoms with Gasteiger partial charge in [-0.2, -0.15) is 26.3 Å². The minimum atomic E-state index is -4.52. The molecule has 0 aliphatic rings. The number of hydrogen-bond donors (Lipinski definition) is 1. The number of amides is 3. The average Bonchev–Trinajstić information content (AvgIpc) is 0.832. The van der Waals surface area contributed by atoms with E-state index in [1.54, 1.807) is 88.5 Å². The van der Waals surface area contributed by atoms with Crippen LogP contribution in [0.1, 0.15) is 152 Å². The van der Waals surface area contributed by atoms with Gasteiger partial charge >= 0.3 is 52.9 Å². The number of rotatable bonds is 32. The van der Waals surface area contributed by atoms with Gasteiger partial charge in [-0.3, -0.25) is 19.3 Å². The van der Waals surface area contributed by atoms with Crippen LogP contribution in [0, 0.1) is 10.8 Å². The fourth-order valence-electron chi connectivity index (χ4n) is 10.0. The molecule has 0 saturated carbocycles. The number of carbonyl (C=O) groups excluding carboxylic acids is 9. The SMILES string of the molecule is CN[C@@H](CC(C)(C)C)C(=O)O[C@H](C)C(=O)N(C)[C@@H](CC(C)(C)F)C(=O)O[C@@H](Cc1ccc(SC(F)(F)F)cc1)C(=O)OCc1ccccc1.C[C@@H](OC(=O)[C@H](CC(C)(C)C)N(C)C(=O)OC(C)(C)C)C(=O)N(C)[C@@H](CC(C)(C)F)C(=O)O[C@@H](Cc1ccc(SC(F)(F)F)cc1)C(=O)OCc1ccccc1.Cl. The Morgan fingerprint density at radius 3 is 1.04 bits per heavy atom. The van der Waals surface area contributed by atoms with Gasteiger partial charge in [-0.1, -0.05) is 126 Å². The quantitative estimate of drug-likeness (QED) is 0.0207. The monoisotopic (exact) mass is 1560 g/mol. The predicted octanol–water partition coefficient (Wildman–Crippen LogP) is 14.9. The van der Waals surface area contributed by atoms with E-state index < -0.39 is 149 Å². The second-order valence-corrected chi connectivity index (χ2v) is 32.0. The normalized spacial score (nSPS) is 14.4. The second kappa shape index (κ2) is 41.0. The van der Waals surface area contributed by atoms with E-state index in [4.69, 9.17) is 33.2 Å². The Morgan fingerprint density at radius 1 is 0.415 bits per heavy atom. The van der Waals surface area contributed by atoms with E-state index in [-0.39, 0.29) is 83.6 Å². The molecule has 3 amide bonds. The van der Waals surface area contributed by atoms with Crippen LogP contribution in [-0.4, -0.2) is 173 Å². The van der Waals surface area contributed by atoms with E-state index >= 15 is 8.78 Å². The number of nitrogens with zero attached hydrogens (tertiary/aromatic N) is 3. The number of likely N-dealkylation sites (N-methyl/N-ethyl adjacent to an activating group) is 4. The summed E-state index contributed by atoms with van der Waals surface area (Å²) in [5.41, 5.74) is -12.7. The molecule has 106 heavy (non-hydrogen) atoms. The molecule has 8 atom stereocenters. The summed E-state index contributed by atoms with van der Waals surface area (Å²) < 4.78 is 146. The standard InChI is InChI=1S/C40H54F4N2O9S.C35H46F4N2O7S.ClH/c1-25(53-33(48)29(22-37(2,3)4)46(11)36(51)55-38(5,6)7)32(47)45(10)30(23-39(8,9)41)34(49)54-31(35(50)52-24-27-15-13-12-14-16-27)21-26-17-19-28(20-18-26)56-40(42,43)44;1-22(47-30(43)26(40-7)19-33(2,3)4)29(42)41(8)27(20-34(5,6)36)31(44)48-28(32(45)46-21-24-12-10-9-11-13-24)18-23-14-16-25(17-15-23)49-35(37,38)39;/h12-20,25,29-31H,21-24H2,1-11H3;9-17,22,26-28,40H,18-21H2,1-8H3;1H/t25-,29+,30+,31+;22-,26+,27+,28+;/m11./s1. The summed E-state index contributed by atoms with van der Waals surface area (Å²) >= 11 is -0.632. The van der Waals surface area contributed by atoms with E-state index in [2.05, 4.69) is 5.32 Å². The molecule has 0 radical (unpaired) electrons. The molecule has 4 aromatic rings. The lowest BCUT2D eigenvalue weighted by Crippen LogP contribution is -2.52. The first-order valence-electron chi connectivity index (χ1n) is 33.6. The summed E-state index contributed by atoms with van der Waals surface area (Å²) in [6.07, 6.45) is -8.13. The highest BCUT2D eigenvalue weighted by atomic mass is 35.5. The highest BCUT2D eigenvalue weighted by Gasteiger charge is 2.43. The van der Waals surface area contributed by atoms with Gasteiger partial charge in [0, 0.05) is 56.6 Å². The van der Waals surface area contributed by atoms with Crippen LogP contribution in [0.4, 0.5) is 39.9 Å². The lowest BCUT2D eigenvalue weighted by molar-refractivity contribution is -0.175. The van der Waals surface area contributed by atoms with Crippen molar-refractivity contribution in [2.24, 2.45) is 10.8 Å². The largest absolute Gasteiger partial charge is 0.458 e. The van der Waals surface area contributed by atoms with Crippen LogP contribution >= 0.6 is 35.9 Å². The fourth-order valence-corrected chi connectivity index (χ4v) is 11.1. The molecule has 4 aromatic carbocycles. The van der Waals surface area contributed by atoms with Gasteiger partial charge in [0.25, 0.3) is 11.8 Å². The molecule has 0 fully saturated rings. The summed E-state index contributed by atoms with van der Waals surface area (Å²) in [5.74, 6) is -7.61. The molecule has 0 aliphatic heterocycles. The number of thioether (sulfide) groups is 2. The van der Waals surface area contributed by atoms with Crippen molar-refractivity contribution in [1.82, 2.24) is 20.0 Å². The van der Waals surface area contributed by atoms with E-state index in [0.29, 0.717) is 28.7 Å². The molecule has 4 rings (SSSR count). The molecular weight excluding hydrogens is 1460 g/mol. The molecule has 592 valence electrons. The summed E-state index contributed by atoms with van der Waals surface area (Å²) in [6, 6.07) is 22.4. The molecule has 0 aromatic heterocycles. The third-order valence-electron chi connectivity index (χ3n) is 15.1. The topological polar surface area (TPSA) is 240 Å². The van der Waals surface area contributed by atoms with Gasteiger partial charge in [0.1, 0.15) is 54.3 Å². The molecule has 0 unspecified atom stereocenters. The van der Waals surface area contributed by atoms with Crippen molar-refractivity contribution < 1.29 is 111 Å². The van der Waals surface area contributed by atoms with Crippen molar-refractivity contribution in [3.05, 3.63) is 131 Å². The molecule has 20 nitrogen and oxygen atoms in total. The lowest BCUT2D eigenvalue weighted by Gasteiger charge is -2.34. The van der Waals surface area contributed by atoms with Crippen LogP contribution in [0.2, 0.25) is 0 Å². The average molecular weight is 1570 g/mol. The minimum absolute atomic E-state index is 0. The highest BCUT2D eigenvalue weighted by Crippen LogP contribution is 2.38. The predicted molar refractivity (Wildman–Crippen MR) is 386 cm³/mol. The summed E-state index contributed by atoms with van der Waals surface area (Å²) in [7, 11) is 5.37. The van der Waals surface area contributed by atoms with Crippen LogP contribution in [0.15, 0.2) is 119 Å². The Bertz CT molecular complexity index is 3490. The molecule has 1 N–H and O–H groups in total. The Kier molecular flexibility index (Phi) is 36.5. The van der Waals surface area contributed by atoms with Gasteiger partial charge in [-0.25, -0.2) is 37.5 Å². The summed E-state index contributed by atoms with van der Waals surface area (Å²) in [5, 5.41) is 2.87. The van der Waals surface area contributed by atoms with E-state index in [0.717, 1.165) is 14.7 Å². The van der Waals surface area contributed by atoms with Crippen molar-refractivity contribution in [3.8, 4) is 0 Å². The molecule has 0 spiro atoms. The summed E-state index contributed by atoms with van der Waals surface area (Å²) in [6.45, 7) is 23.3. The summed E-state index contributed by atoms with van der Waals surface area (Å²) in [4.78, 5) is 123. The lowest BCUT2D eigenvalue weighted by atomic mass is 9.87. The molecule has 0 saturated heterocycles. The number of halogens is 9. The number of benzene rings is 4. The molecule has 0 heterocycles. The van der Waals surface area contributed by atoms with Gasteiger partial charge in [-0.15, -0.1) is 12.4 Å². The van der Waals surface area contributed by atoms with Crippen LogP contribution < -0.4 is 5.32 Å². The number of alkyl halides is 8. The Hall–Kier alpha value is -7.70. The highest BCUT2D eigenvalue weighted by molar-refractivity contribution is 8.00. The van der Waals surface area contributed by atoms with E-state index in [1.807, 2.05) is 41.5 Å². The van der Waals surface area contributed by atoms with Gasteiger partial charge in [0.05, 0.1) is 0 Å². The second-order valence-electron chi connectivity index (χ2n) is 29.7. The maximum absolute atomic E-state index is 15.2. The third kappa shape index (κ3) is 36.3. The number of esters is 6. The zero-order valence-corrected chi connectivity index (χ0v) is 65.7. The first kappa shape index (κ1) is 94.4. The smallest absolute Gasteiger partial charge is 0.446 e. The molecule has 0 aliphatic carbocycles. The molecular formula is C75H101ClF8N4O16S2. The first-order chi connectivity index (χ1) is 48.1. The van der Waals surface area contributed by atoms with Gasteiger partial charge in [-0.05, 0) is 163 Å². The van der Waals surface area contributed by atoms with Gasteiger partial charge in [0.2, 0.25) is 12.2 Å². The van der Waals surface area contributed by atoms with Crippen LogP contribution in [0.5, 0.6) is 0 Å². The zero-order chi connectivity index (χ0) is 80.0. The first-order valence-corrected chi connectivity index (χ1v) is 35.2. The van der Waals surface area contributed by atoms with Crippen molar-refractivity contribution in [2.75, 3.05) is 28.2 Å². The van der Waals surface area contributed by atoms with Crippen LogP contribution in [0.25, 0.3) is 0 Å². The van der Waals surface area contributed by atoms with Crippen molar-refractivity contribution in [2.45, 2.75) is 242 Å². The maximum atomic E-state index is 15.2. The number of nitrogens with one attached hydrogen (secondary N) is 1. The Balaban J connectivity index is 0.000000719. The van der Waals surface area contributed by atoms with E-state index in [9.17, 15) is 69.5 Å². The number of ether oxygens (including phenoxy) is 7. The Morgan fingerprint density at radius 2 is 0.736 bits per heavy atom. The van der Waals surface area contributed by atoms with Crippen molar-refractivity contribution >= 4 is 89.7 Å². The Labute approximate surface area is 630 Å². The minimum Gasteiger partial charge on any atom is -0.458 e. The molecule has 31 heteroatoms. The van der Waals surface area contributed by atoms with Crippen LogP contribution in [-0.2, 0) is 97.6 Å². The fraction of sp³-hybridized carbons (Fsp3) is 0.560. The molecule has 0 bridgehead atoms. The number of carbonyl (C=O) groups is 9. The van der Waals surface area contributed by atoms with Crippen LogP contribution in [0.3, 0.4) is 0 Å². The van der Waals surface area contributed by atoms with E-state index in [1.165, 1.54) is 111 Å². The maximum Gasteiger partial charge on any atom is 0.446 e.